The molecule has 3 N–H and O–H groups in total. The first kappa shape index (κ1) is 14.6. The van der Waals surface area contributed by atoms with Crippen LogP contribution in [0.25, 0.3) is 0 Å². The number of rotatable bonds is 5. The van der Waals surface area contributed by atoms with Gasteiger partial charge in [0.1, 0.15) is 11.5 Å². The molecule has 0 aromatic heterocycles. The van der Waals surface area contributed by atoms with Gasteiger partial charge in [0.05, 0.1) is 18.4 Å². The minimum atomic E-state index is -0.329. The van der Waals surface area contributed by atoms with Gasteiger partial charge >= 0.3 is 0 Å². The fourth-order valence-corrected chi connectivity index (χ4v) is 1.61. The number of hydrogen-bond donors (Lipinski definition) is 2. The summed E-state index contributed by atoms with van der Waals surface area (Å²) in [6.07, 6.45) is 6.46. The summed E-state index contributed by atoms with van der Waals surface area (Å²) < 4.78 is 4.97. The zero-order valence-corrected chi connectivity index (χ0v) is 11.0. The van der Waals surface area contributed by atoms with Crippen molar-refractivity contribution in [3.8, 4) is 11.5 Å². The zero-order valence-electron chi connectivity index (χ0n) is 11.0. The van der Waals surface area contributed by atoms with Crippen LogP contribution in [-0.4, -0.2) is 18.0 Å². The summed E-state index contributed by atoms with van der Waals surface area (Å²) in [4.78, 5) is 12.3. The van der Waals surface area contributed by atoms with Crippen molar-refractivity contribution in [2.45, 2.75) is 6.92 Å². The van der Waals surface area contributed by atoms with Crippen molar-refractivity contribution in [3.05, 3.63) is 54.2 Å². The standard InChI is InChI=1S/C15H17NO3/c1-4-6-10(7-5-2)15(18)11-8-12(16)14(19-3)9-13(11)17/h4-9,17H,1,16H2,2-3H3/b7-5-,10-6+. The summed E-state index contributed by atoms with van der Waals surface area (Å²) >= 11 is 0. The molecule has 0 aliphatic heterocycles. The van der Waals surface area contributed by atoms with E-state index in [0.717, 1.165) is 0 Å². The van der Waals surface area contributed by atoms with E-state index in [0.29, 0.717) is 17.0 Å². The van der Waals surface area contributed by atoms with Crippen LogP contribution < -0.4 is 10.5 Å². The fraction of sp³-hybridized carbons (Fsp3) is 0.133. The highest BCUT2D eigenvalue weighted by atomic mass is 16.5. The normalized spacial score (nSPS) is 11.6. The number of nitrogens with two attached hydrogens (primary N) is 1. The third-order valence-corrected chi connectivity index (χ3v) is 2.50. The largest absolute Gasteiger partial charge is 0.507 e. The van der Waals surface area contributed by atoms with Gasteiger partial charge in [-0.25, -0.2) is 0 Å². The van der Waals surface area contributed by atoms with Crippen LogP contribution in [0.5, 0.6) is 11.5 Å². The molecule has 0 aliphatic carbocycles. The van der Waals surface area contributed by atoms with Gasteiger partial charge < -0.3 is 15.6 Å². The predicted octanol–water partition coefficient (Wildman–Crippen LogP) is 2.85. The van der Waals surface area contributed by atoms with E-state index < -0.39 is 0 Å². The van der Waals surface area contributed by atoms with E-state index in [2.05, 4.69) is 6.58 Å². The number of phenols is 1. The number of phenolic OH excluding ortho intramolecular Hbond substituents is 1. The molecule has 1 aromatic carbocycles. The molecule has 0 amide bonds. The maximum absolute atomic E-state index is 12.3. The van der Waals surface area contributed by atoms with Gasteiger partial charge in [0, 0.05) is 11.6 Å². The molecule has 0 heterocycles. The van der Waals surface area contributed by atoms with Gasteiger partial charge in [-0.1, -0.05) is 30.9 Å². The average Bonchev–Trinajstić information content (AvgIpc) is 2.40. The number of ketones is 1. The van der Waals surface area contributed by atoms with E-state index in [4.69, 9.17) is 10.5 Å². The van der Waals surface area contributed by atoms with Gasteiger partial charge in [-0.2, -0.15) is 0 Å². The minimum absolute atomic E-state index is 0.129. The number of methoxy groups -OCH3 is 1. The maximum atomic E-state index is 12.3. The number of nitrogen functional groups attached to an aromatic ring is 1. The topological polar surface area (TPSA) is 72.6 Å². The lowest BCUT2D eigenvalue weighted by molar-refractivity contribution is 0.103. The quantitative estimate of drug-likeness (QED) is 0.280. The summed E-state index contributed by atoms with van der Waals surface area (Å²) in [5.41, 5.74) is 6.58. The van der Waals surface area contributed by atoms with Gasteiger partial charge in [0.15, 0.2) is 5.78 Å². The third kappa shape index (κ3) is 3.25. The maximum Gasteiger partial charge on any atom is 0.196 e. The van der Waals surface area contributed by atoms with E-state index in [9.17, 15) is 9.90 Å². The van der Waals surface area contributed by atoms with Crippen molar-refractivity contribution in [1.29, 1.82) is 0 Å². The SMILES string of the molecule is C=C/C=C(\C=C/C)C(=O)c1cc(N)c(OC)cc1O. The molecule has 0 aliphatic rings. The number of hydrogen-bond acceptors (Lipinski definition) is 4. The van der Waals surface area contributed by atoms with Crippen LogP contribution in [0.15, 0.2) is 48.6 Å². The second-order valence-corrected chi connectivity index (χ2v) is 3.80. The minimum Gasteiger partial charge on any atom is -0.507 e. The number of allylic oxidation sites excluding steroid dienone is 5. The molecule has 0 radical (unpaired) electrons. The highest BCUT2D eigenvalue weighted by Crippen LogP contribution is 2.31. The Labute approximate surface area is 112 Å². The Morgan fingerprint density at radius 3 is 2.68 bits per heavy atom. The molecule has 0 fully saturated rings. The summed E-state index contributed by atoms with van der Waals surface area (Å²) in [7, 11) is 1.44. The molecule has 1 aromatic rings. The van der Waals surface area contributed by atoms with E-state index in [1.807, 2.05) is 0 Å². The molecular formula is C15H17NO3. The van der Waals surface area contributed by atoms with Crippen LogP contribution in [0.4, 0.5) is 5.69 Å². The number of benzene rings is 1. The van der Waals surface area contributed by atoms with Crippen LogP contribution in [0.3, 0.4) is 0 Å². The number of carbonyl (C=O) groups excluding carboxylic acids is 1. The van der Waals surface area contributed by atoms with Gasteiger partial charge in [0.2, 0.25) is 0 Å². The average molecular weight is 259 g/mol. The van der Waals surface area contributed by atoms with Crippen LogP contribution in [0.1, 0.15) is 17.3 Å². The lowest BCUT2D eigenvalue weighted by Gasteiger charge is -2.09. The van der Waals surface area contributed by atoms with Crippen LogP contribution >= 0.6 is 0 Å². The van der Waals surface area contributed by atoms with E-state index in [1.54, 1.807) is 25.2 Å². The first-order valence-electron chi connectivity index (χ1n) is 5.71. The third-order valence-electron chi connectivity index (χ3n) is 2.50. The van der Waals surface area contributed by atoms with Crippen molar-refractivity contribution in [2.75, 3.05) is 12.8 Å². The Morgan fingerprint density at radius 1 is 1.47 bits per heavy atom. The van der Waals surface area contributed by atoms with E-state index in [-0.39, 0.29) is 17.1 Å². The van der Waals surface area contributed by atoms with Crippen molar-refractivity contribution >= 4 is 11.5 Å². The molecule has 0 atom stereocenters. The number of ether oxygens (including phenoxy) is 1. The molecule has 0 saturated carbocycles. The molecule has 0 bridgehead atoms. The Kier molecular flexibility index (Phi) is 4.94. The molecule has 1 rings (SSSR count). The summed E-state index contributed by atoms with van der Waals surface area (Å²) in [6.45, 7) is 5.35. The number of anilines is 1. The van der Waals surface area contributed by atoms with E-state index >= 15 is 0 Å². The zero-order chi connectivity index (χ0) is 14.4. The highest BCUT2D eigenvalue weighted by Gasteiger charge is 2.16. The first-order valence-corrected chi connectivity index (χ1v) is 5.71. The van der Waals surface area contributed by atoms with Crippen LogP contribution in [0.2, 0.25) is 0 Å². The molecule has 19 heavy (non-hydrogen) atoms. The molecule has 0 spiro atoms. The molecule has 0 unspecified atom stereocenters. The lowest BCUT2D eigenvalue weighted by Crippen LogP contribution is -2.04. The smallest absolute Gasteiger partial charge is 0.196 e. The van der Waals surface area contributed by atoms with Gasteiger partial charge in [-0.15, -0.1) is 0 Å². The van der Waals surface area contributed by atoms with Gasteiger partial charge in [0.25, 0.3) is 0 Å². The van der Waals surface area contributed by atoms with Gasteiger partial charge in [-0.05, 0) is 13.0 Å². The second kappa shape index (κ2) is 6.44. The van der Waals surface area contributed by atoms with Crippen molar-refractivity contribution in [2.24, 2.45) is 0 Å². The van der Waals surface area contributed by atoms with Crippen LogP contribution in [-0.2, 0) is 0 Å². The Balaban J connectivity index is 3.30. The van der Waals surface area contributed by atoms with Crippen molar-refractivity contribution < 1.29 is 14.6 Å². The molecule has 0 saturated heterocycles. The first-order chi connectivity index (χ1) is 9.04. The summed E-state index contributed by atoms with van der Waals surface area (Å²) in [6, 6.07) is 2.72. The number of Topliss-reactive ketones (excluding diaryl/α,β-unsaturated/α-hetero) is 1. The molecule has 100 valence electrons. The van der Waals surface area contributed by atoms with E-state index in [1.165, 1.54) is 25.3 Å². The number of aromatic hydroxyl groups is 1. The molecule has 4 heteroatoms. The lowest BCUT2D eigenvalue weighted by atomic mass is 10.0. The van der Waals surface area contributed by atoms with Crippen molar-refractivity contribution in [1.82, 2.24) is 0 Å². The molecule has 4 nitrogen and oxygen atoms in total. The highest BCUT2D eigenvalue weighted by molar-refractivity contribution is 6.12. The van der Waals surface area contributed by atoms with Crippen LogP contribution in [0, 0.1) is 0 Å². The predicted molar refractivity (Wildman–Crippen MR) is 76.5 cm³/mol. The van der Waals surface area contributed by atoms with Crippen molar-refractivity contribution in [3.63, 3.8) is 0 Å². The number of carbonyl (C=O) groups is 1. The Hall–Kier alpha value is -2.49. The summed E-state index contributed by atoms with van der Waals surface area (Å²) in [5.74, 6) is -0.172. The molecular weight excluding hydrogens is 242 g/mol. The van der Waals surface area contributed by atoms with Gasteiger partial charge in [-0.3, -0.25) is 4.79 Å². The summed E-state index contributed by atoms with van der Waals surface area (Å²) in [5, 5.41) is 9.87. The second-order valence-electron chi connectivity index (χ2n) is 3.80. The fourth-order valence-electron chi connectivity index (χ4n) is 1.61. The Bertz CT molecular complexity index is 557. The monoisotopic (exact) mass is 259 g/mol. The Morgan fingerprint density at radius 2 is 2.16 bits per heavy atom.